The van der Waals surface area contributed by atoms with Gasteiger partial charge in [0.25, 0.3) is 5.56 Å². The monoisotopic (exact) mass is 312 g/mol. The first kappa shape index (κ1) is 22.0. The Morgan fingerprint density at radius 3 is 2.06 bits per heavy atom. The van der Waals surface area contributed by atoms with Crippen LogP contribution in [0.3, 0.4) is 0 Å². The minimum absolute atomic E-state index is 0. The number of allylic oxidation sites excluding steroid dienone is 1. The second kappa shape index (κ2) is 13.9. The third-order valence-corrected chi connectivity index (χ3v) is 2.14. The second-order valence-electron chi connectivity index (χ2n) is 3.15. The average molecular weight is 312 g/mol. The molecule has 0 saturated carbocycles. The molecule has 1 N–H and O–H groups in total. The SMILES string of the molecule is C=CC.CC.CCc1c[nH]c(=O)c(C)c1C.[Y]. The van der Waals surface area contributed by atoms with E-state index in [1.807, 2.05) is 34.6 Å². The summed E-state index contributed by atoms with van der Waals surface area (Å²) >= 11 is 0. The van der Waals surface area contributed by atoms with Crippen LogP contribution in [0.4, 0.5) is 0 Å². The number of rotatable bonds is 1. The van der Waals surface area contributed by atoms with Gasteiger partial charge in [0.1, 0.15) is 0 Å². The van der Waals surface area contributed by atoms with Crippen molar-refractivity contribution < 1.29 is 32.7 Å². The van der Waals surface area contributed by atoms with Gasteiger partial charge in [0.05, 0.1) is 0 Å². The van der Waals surface area contributed by atoms with E-state index in [0.717, 1.165) is 17.5 Å². The van der Waals surface area contributed by atoms with Crippen molar-refractivity contribution >= 4 is 0 Å². The molecule has 1 aromatic heterocycles. The maximum absolute atomic E-state index is 11.1. The molecule has 0 aliphatic rings. The zero-order chi connectivity index (χ0) is 13.1. The molecule has 0 amide bonds. The van der Waals surface area contributed by atoms with Gasteiger partial charge in [-0.3, -0.25) is 4.79 Å². The van der Waals surface area contributed by atoms with E-state index in [2.05, 4.69) is 18.5 Å². The summed E-state index contributed by atoms with van der Waals surface area (Å²) in [6.45, 7) is 15.2. The largest absolute Gasteiger partial charge is 0.329 e. The molecule has 0 spiro atoms. The molecule has 1 rings (SSSR count). The summed E-state index contributed by atoms with van der Waals surface area (Å²) in [5, 5.41) is 0. The quantitative estimate of drug-likeness (QED) is 0.787. The molecular weight excluding hydrogens is 287 g/mol. The smallest absolute Gasteiger partial charge is 0.251 e. The predicted molar refractivity (Wildman–Crippen MR) is 73.1 cm³/mol. The maximum Gasteiger partial charge on any atom is 0.251 e. The van der Waals surface area contributed by atoms with Crippen molar-refractivity contribution in [3.63, 3.8) is 0 Å². The number of aryl methyl sites for hydroxylation is 1. The number of nitrogens with one attached hydrogen (secondary N) is 1. The summed E-state index contributed by atoms with van der Waals surface area (Å²) < 4.78 is 0. The van der Waals surface area contributed by atoms with Gasteiger partial charge in [0, 0.05) is 44.5 Å². The first-order chi connectivity index (χ1) is 7.58. The summed E-state index contributed by atoms with van der Waals surface area (Å²) in [4.78, 5) is 13.8. The van der Waals surface area contributed by atoms with Crippen molar-refractivity contribution in [2.45, 2.75) is 48.0 Å². The van der Waals surface area contributed by atoms with Crippen molar-refractivity contribution in [1.29, 1.82) is 0 Å². The minimum atomic E-state index is 0. The van der Waals surface area contributed by atoms with Crippen LogP contribution in [0.5, 0.6) is 0 Å². The molecule has 0 unspecified atom stereocenters. The topological polar surface area (TPSA) is 32.9 Å². The fourth-order valence-electron chi connectivity index (χ4n) is 1.15. The number of pyridine rings is 1. The molecule has 0 aromatic carbocycles. The summed E-state index contributed by atoms with van der Waals surface area (Å²) in [5.41, 5.74) is 3.21. The van der Waals surface area contributed by atoms with Gasteiger partial charge in [-0.15, -0.1) is 6.58 Å². The van der Waals surface area contributed by atoms with Gasteiger partial charge in [0.2, 0.25) is 0 Å². The first-order valence-electron chi connectivity index (χ1n) is 5.83. The van der Waals surface area contributed by atoms with E-state index in [1.54, 1.807) is 12.3 Å². The van der Waals surface area contributed by atoms with Crippen LogP contribution in [-0.2, 0) is 39.1 Å². The third-order valence-electron chi connectivity index (χ3n) is 2.14. The zero-order valence-electron chi connectivity index (χ0n) is 12.1. The van der Waals surface area contributed by atoms with Crippen LogP contribution >= 0.6 is 0 Å². The maximum atomic E-state index is 11.1. The Balaban J connectivity index is -0.000000286. The molecule has 17 heavy (non-hydrogen) atoms. The van der Waals surface area contributed by atoms with E-state index in [9.17, 15) is 4.79 Å². The van der Waals surface area contributed by atoms with Gasteiger partial charge in [-0.05, 0) is 38.3 Å². The Morgan fingerprint density at radius 2 is 1.71 bits per heavy atom. The molecule has 0 atom stereocenters. The van der Waals surface area contributed by atoms with Crippen molar-refractivity contribution in [2.24, 2.45) is 0 Å². The van der Waals surface area contributed by atoms with Crippen LogP contribution in [-0.4, -0.2) is 4.98 Å². The number of hydrogen-bond donors (Lipinski definition) is 1. The van der Waals surface area contributed by atoms with E-state index in [4.69, 9.17) is 0 Å². The summed E-state index contributed by atoms with van der Waals surface area (Å²) in [6.07, 6.45) is 4.52. The van der Waals surface area contributed by atoms with Crippen LogP contribution in [0.2, 0.25) is 0 Å². The normalized spacial score (nSPS) is 7.65. The number of aromatic nitrogens is 1. The molecule has 95 valence electrons. The third kappa shape index (κ3) is 8.51. The van der Waals surface area contributed by atoms with Crippen molar-refractivity contribution in [3.8, 4) is 0 Å². The van der Waals surface area contributed by atoms with Crippen molar-refractivity contribution in [2.75, 3.05) is 0 Å². The van der Waals surface area contributed by atoms with Crippen molar-refractivity contribution in [1.82, 2.24) is 4.98 Å². The summed E-state index contributed by atoms with van der Waals surface area (Å²) in [5.74, 6) is 0. The Kier molecular flexibility index (Phi) is 17.9. The minimum Gasteiger partial charge on any atom is -0.329 e. The molecule has 1 aromatic rings. The van der Waals surface area contributed by atoms with Gasteiger partial charge in [0.15, 0.2) is 0 Å². The summed E-state index contributed by atoms with van der Waals surface area (Å²) in [7, 11) is 0. The number of H-pyrrole nitrogens is 1. The zero-order valence-corrected chi connectivity index (χ0v) is 14.9. The van der Waals surface area contributed by atoms with E-state index in [-0.39, 0.29) is 38.3 Å². The Morgan fingerprint density at radius 1 is 1.29 bits per heavy atom. The molecule has 2 nitrogen and oxygen atoms in total. The number of aromatic amines is 1. The number of hydrogen-bond acceptors (Lipinski definition) is 1. The first-order valence-corrected chi connectivity index (χ1v) is 5.83. The van der Waals surface area contributed by atoms with Crippen LogP contribution in [0, 0.1) is 13.8 Å². The molecule has 3 heteroatoms. The Bertz CT molecular complexity index is 356. The van der Waals surface area contributed by atoms with Gasteiger partial charge >= 0.3 is 0 Å². The molecular formula is C14H25NOY. The van der Waals surface area contributed by atoms with Gasteiger partial charge in [-0.1, -0.05) is 26.8 Å². The molecule has 1 radical (unpaired) electrons. The Hall–Kier alpha value is -0.206. The standard InChI is InChI=1S/C9H13NO.C3H6.C2H6.Y/c1-4-8-5-10-9(11)7(3)6(8)2;1-3-2;1-2;/h5H,4H2,1-3H3,(H,10,11);3H,1H2,2H3;1-2H3;. The van der Waals surface area contributed by atoms with Gasteiger partial charge in [-0.2, -0.15) is 0 Å². The molecule has 0 saturated heterocycles. The van der Waals surface area contributed by atoms with Crippen LogP contribution in [0.25, 0.3) is 0 Å². The average Bonchev–Trinajstić information content (AvgIpc) is 2.30. The fourth-order valence-corrected chi connectivity index (χ4v) is 1.15. The second-order valence-corrected chi connectivity index (χ2v) is 3.15. The predicted octanol–water partition coefficient (Wildman–Crippen LogP) is 3.77. The van der Waals surface area contributed by atoms with Crippen LogP contribution in [0.15, 0.2) is 23.6 Å². The van der Waals surface area contributed by atoms with E-state index in [0.29, 0.717) is 0 Å². The molecule has 0 aliphatic heterocycles. The van der Waals surface area contributed by atoms with Crippen LogP contribution in [0.1, 0.15) is 44.4 Å². The molecule has 1 heterocycles. The molecule has 0 bridgehead atoms. The molecule has 0 fully saturated rings. The summed E-state index contributed by atoms with van der Waals surface area (Å²) in [6, 6.07) is 0. The van der Waals surface area contributed by atoms with Crippen molar-refractivity contribution in [3.05, 3.63) is 45.9 Å². The van der Waals surface area contributed by atoms with E-state index >= 15 is 0 Å². The van der Waals surface area contributed by atoms with E-state index < -0.39 is 0 Å². The fraction of sp³-hybridized carbons (Fsp3) is 0.500. The van der Waals surface area contributed by atoms with Crippen LogP contribution < -0.4 is 5.56 Å². The molecule has 0 aliphatic carbocycles. The Labute approximate surface area is 131 Å². The van der Waals surface area contributed by atoms with E-state index in [1.165, 1.54) is 5.56 Å². The van der Waals surface area contributed by atoms with Gasteiger partial charge in [-0.25, -0.2) is 0 Å². The van der Waals surface area contributed by atoms with Gasteiger partial charge < -0.3 is 4.98 Å².